The van der Waals surface area contributed by atoms with Gasteiger partial charge in [0.25, 0.3) is 0 Å². The summed E-state index contributed by atoms with van der Waals surface area (Å²) < 4.78 is 43.9. The van der Waals surface area contributed by atoms with Gasteiger partial charge in [0, 0.05) is 6.20 Å². The molecule has 2 N–H and O–H groups in total. The summed E-state index contributed by atoms with van der Waals surface area (Å²) in [5, 5.41) is 0. The zero-order valence-corrected chi connectivity index (χ0v) is 8.04. The summed E-state index contributed by atoms with van der Waals surface area (Å²) in [6.07, 6.45) is -3.88. The third-order valence-corrected chi connectivity index (χ3v) is 1.53. The number of methoxy groups -OCH3 is 1. The second-order valence-corrected chi connectivity index (χ2v) is 2.62. The van der Waals surface area contributed by atoms with Gasteiger partial charge in [0.1, 0.15) is 0 Å². The summed E-state index contributed by atoms with van der Waals surface area (Å²) in [6.45, 7) is 0. The number of esters is 1. The molecule has 0 aliphatic heterocycles. The zero-order chi connectivity index (χ0) is 12.3. The van der Waals surface area contributed by atoms with Crippen LogP contribution in [0.25, 0.3) is 0 Å². The molecule has 0 aliphatic rings. The van der Waals surface area contributed by atoms with Crippen LogP contribution in [0.3, 0.4) is 0 Å². The van der Waals surface area contributed by atoms with Gasteiger partial charge in [0.15, 0.2) is 11.4 Å². The fourth-order valence-corrected chi connectivity index (χ4v) is 0.928. The third kappa shape index (κ3) is 2.75. The molecule has 0 aliphatic carbocycles. The van der Waals surface area contributed by atoms with Gasteiger partial charge in [-0.15, -0.1) is 13.2 Å². The molecule has 0 aromatic carbocycles. The molecular weight excluding hydrogens is 229 g/mol. The van der Waals surface area contributed by atoms with E-state index in [0.717, 1.165) is 19.4 Å². The number of carbonyl (C=O) groups is 1. The van der Waals surface area contributed by atoms with Gasteiger partial charge in [-0.2, -0.15) is 0 Å². The van der Waals surface area contributed by atoms with Crippen molar-refractivity contribution in [3.63, 3.8) is 0 Å². The maximum absolute atomic E-state index is 12.0. The van der Waals surface area contributed by atoms with Crippen molar-refractivity contribution in [2.75, 3.05) is 12.8 Å². The number of carbonyl (C=O) groups excluding carboxylic acids is 1. The predicted octanol–water partition coefficient (Wildman–Crippen LogP) is 1.35. The van der Waals surface area contributed by atoms with Gasteiger partial charge in [0.2, 0.25) is 0 Å². The molecule has 0 spiro atoms. The molecule has 0 radical (unpaired) electrons. The van der Waals surface area contributed by atoms with Crippen LogP contribution in [0.1, 0.15) is 10.5 Å². The Bertz CT molecular complexity index is 406. The Balaban J connectivity index is 3.19. The lowest BCUT2D eigenvalue weighted by Crippen LogP contribution is -2.21. The summed E-state index contributed by atoms with van der Waals surface area (Å²) in [7, 11) is 1.00. The number of nitrogens with two attached hydrogens (primary N) is 1. The Hall–Kier alpha value is -1.99. The van der Waals surface area contributed by atoms with E-state index in [9.17, 15) is 18.0 Å². The average molecular weight is 236 g/mol. The molecule has 0 fully saturated rings. The molecule has 16 heavy (non-hydrogen) atoms. The first kappa shape index (κ1) is 12.1. The van der Waals surface area contributed by atoms with E-state index in [1.165, 1.54) is 0 Å². The number of anilines is 1. The molecule has 0 bridgehead atoms. The Morgan fingerprint density at radius 1 is 1.50 bits per heavy atom. The molecule has 5 nitrogen and oxygen atoms in total. The number of hydrogen-bond donors (Lipinski definition) is 1. The Morgan fingerprint density at radius 2 is 2.12 bits per heavy atom. The first-order chi connectivity index (χ1) is 7.35. The van der Waals surface area contributed by atoms with Gasteiger partial charge < -0.3 is 15.2 Å². The molecule has 8 heteroatoms. The zero-order valence-electron chi connectivity index (χ0n) is 8.04. The van der Waals surface area contributed by atoms with Crippen LogP contribution in [-0.2, 0) is 4.74 Å². The van der Waals surface area contributed by atoms with E-state index in [1.54, 1.807) is 0 Å². The van der Waals surface area contributed by atoms with Crippen molar-refractivity contribution in [1.82, 2.24) is 4.98 Å². The number of pyridine rings is 1. The smallest absolute Gasteiger partial charge is 0.464 e. The lowest BCUT2D eigenvalue weighted by Gasteiger charge is -2.12. The topological polar surface area (TPSA) is 74.4 Å². The minimum Gasteiger partial charge on any atom is -0.464 e. The van der Waals surface area contributed by atoms with Crippen molar-refractivity contribution in [2.45, 2.75) is 6.36 Å². The van der Waals surface area contributed by atoms with Crippen LogP contribution in [0.2, 0.25) is 0 Å². The molecular formula is C8H7F3N2O3. The second-order valence-electron chi connectivity index (χ2n) is 2.62. The van der Waals surface area contributed by atoms with E-state index in [0.29, 0.717) is 0 Å². The molecule has 1 aromatic rings. The van der Waals surface area contributed by atoms with Crippen molar-refractivity contribution in [1.29, 1.82) is 0 Å². The number of nitrogens with zero attached hydrogens (tertiary/aromatic N) is 1. The van der Waals surface area contributed by atoms with Crippen molar-refractivity contribution < 1.29 is 27.4 Å². The van der Waals surface area contributed by atoms with E-state index in [1.807, 2.05) is 0 Å². The second kappa shape index (κ2) is 4.25. The first-order valence-corrected chi connectivity index (χ1v) is 3.93. The number of alkyl halides is 3. The lowest BCUT2D eigenvalue weighted by atomic mass is 10.3. The monoisotopic (exact) mass is 236 g/mol. The fourth-order valence-electron chi connectivity index (χ4n) is 0.928. The minimum atomic E-state index is -4.96. The lowest BCUT2D eigenvalue weighted by molar-refractivity contribution is -0.274. The van der Waals surface area contributed by atoms with E-state index >= 15 is 0 Å². The molecule has 0 amide bonds. The van der Waals surface area contributed by atoms with Gasteiger partial charge in [-0.25, -0.2) is 9.78 Å². The molecule has 88 valence electrons. The van der Waals surface area contributed by atoms with Crippen LogP contribution >= 0.6 is 0 Å². The van der Waals surface area contributed by atoms with Crippen LogP contribution in [0.4, 0.5) is 18.9 Å². The normalized spacial score (nSPS) is 11.0. The maximum atomic E-state index is 12.0. The molecule has 1 rings (SSSR count). The van der Waals surface area contributed by atoms with E-state index in [2.05, 4.69) is 14.5 Å². The molecule has 1 heterocycles. The summed E-state index contributed by atoms with van der Waals surface area (Å²) in [6, 6.07) is 1.08. The highest BCUT2D eigenvalue weighted by atomic mass is 19.4. The van der Waals surface area contributed by atoms with Crippen molar-refractivity contribution in [3.05, 3.63) is 18.0 Å². The number of aromatic nitrogens is 1. The highest BCUT2D eigenvalue weighted by Crippen LogP contribution is 2.30. The van der Waals surface area contributed by atoms with Crippen LogP contribution < -0.4 is 10.5 Å². The Kier molecular flexibility index (Phi) is 3.21. The Labute approximate surface area is 88.0 Å². The summed E-state index contributed by atoms with van der Waals surface area (Å²) >= 11 is 0. The molecule has 0 saturated carbocycles. The maximum Gasteiger partial charge on any atom is 0.573 e. The largest absolute Gasteiger partial charge is 0.573 e. The minimum absolute atomic E-state index is 0.354. The van der Waals surface area contributed by atoms with Crippen LogP contribution in [0.5, 0.6) is 5.75 Å². The summed E-state index contributed by atoms with van der Waals surface area (Å²) in [5.74, 6) is -1.92. The predicted molar refractivity (Wildman–Crippen MR) is 46.7 cm³/mol. The van der Waals surface area contributed by atoms with E-state index < -0.39 is 23.8 Å². The molecule has 0 unspecified atom stereocenters. The van der Waals surface area contributed by atoms with Gasteiger partial charge in [-0.3, -0.25) is 0 Å². The summed E-state index contributed by atoms with van der Waals surface area (Å²) in [4.78, 5) is 14.5. The number of ether oxygens (including phenoxy) is 2. The number of nitrogen functional groups attached to an aromatic ring is 1. The average Bonchev–Trinajstić information content (AvgIpc) is 2.18. The highest BCUT2D eigenvalue weighted by molar-refractivity contribution is 5.92. The number of rotatable bonds is 2. The first-order valence-electron chi connectivity index (χ1n) is 3.93. The fraction of sp³-hybridized carbons (Fsp3) is 0.250. The van der Waals surface area contributed by atoms with Crippen LogP contribution in [0, 0.1) is 0 Å². The van der Waals surface area contributed by atoms with Gasteiger partial charge in [-0.1, -0.05) is 0 Å². The number of halogens is 3. The van der Waals surface area contributed by atoms with Crippen LogP contribution in [0.15, 0.2) is 12.3 Å². The number of hydrogen-bond acceptors (Lipinski definition) is 5. The quantitative estimate of drug-likeness (QED) is 0.784. The standard InChI is InChI=1S/C8H7F3N2O3/c1-15-7(14)5-6(16-8(9,10)11)4(12)2-3-13-5/h2-3H,1H3,(H2,12,13). The highest BCUT2D eigenvalue weighted by Gasteiger charge is 2.34. The van der Waals surface area contributed by atoms with Gasteiger partial charge >= 0.3 is 12.3 Å². The molecule has 1 aromatic heterocycles. The third-order valence-electron chi connectivity index (χ3n) is 1.53. The van der Waals surface area contributed by atoms with Crippen molar-refractivity contribution in [2.24, 2.45) is 0 Å². The summed E-state index contributed by atoms with van der Waals surface area (Å²) in [5.41, 5.74) is 4.27. The van der Waals surface area contributed by atoms with Crippen molar-refractivity contribution >= 4 is 11.7 Å². The van der Waals surface area contributed by atoms with Crippen molar-refractivity contribution in [3.8, 4) is 5.75 Å². The molecule has 0 atom stereocenters. The van der Waals surface area contributed by atoms with Crippen LogP contribution in [-0.4, -0.2) is 24.4 Å². The SMILES string of the molecule is COC(=O)c1nccc(N)c1OC(F)(F)F. The van der Waals surface area contributed by atoms with E-state index in [4.69, 9.17) is 5.73 Å². The molecule has 0 saturated heterocycles. The van der Waals surface area contributed by atoms with Gasteiger partial charge in [0.05, 0.1) is 12.8 Å². The Morgan fingerprint density at radius 3 is 2.62 bits per heavy atom. The van der Waals surface area contributed by atoms with E-state index in [-0.39, 0.29) is 5.69 Å². The van der Waals surface area contributed by atoms with Gasteiger partial charge in [-0.05, 0) is 6.07 Å².